The van der Waals surface area contributed by atoms with E-state index >= 15 is 0 Å². The maximum Gasteiger partial charge on any atom is 0.258 e. The number of nitrogens with zero attached hydrogens (tertiary/aromatic N) is 2. The van der Waals surface area contributed by atoms with E-state index in [2.05, 4.69) is 20.6 Å². The summed E-state index contributed by atoms with van der Waals surface area (Å²) in [5, 5.41) is 5.80. The van der Waals surface area contributed by atoms with Gasteiger partial charge in [0.2, 0.25) is 5.95 Å². The predicted octanol–water partition coefficient (Wildman–Crippen LogP) is 4.23. The van der Waals surface area contributed by atoms with Gasteiger partial charge in [0.1, 0.15) is 5.82 Å². The van der Waals surface area contributed by atoms with Crippen molar-refractivity contribution in [3.8, 4) is 0 Å². The van der Waals surface area contributed by atoms with Crippen molar-refractivity contribution >= 4 is 23.2 Å². The van der Waals surface area contributed by atoms with Gasteiger partial charge in [-0.2, -0.15) is 0 Å². The van der Waals surface area contributed by atoms with E-state index in [4.69, 9.17) is 0 Å². The molecule has 0 unspecified atom stereocenters. The Bertz CT molecular complexity index is 892. The Morgan fingerprint density at radius 3 is 2.36 bits per heavy atom. The number of nitrogens with one attached hydrogen (secondary N) is 2. The molecule has 0 aliphatic carbocycles. The minimum atomic E-state index is -0.358. The Kier molecular flexibility index (Phi) is 4.70. The Labute approximate surface area is 145 Å². The van der Waals surface area contributed by atoms with Gasteiger partial charge < -0.3 is 10.6 Å². The van der Waals surface area contributed by atoms with Crippen molar-refractivity contribution in [2.24, 2.45) is 0 Å². The van der Waals surface area contributed by atoms with Crippen molar-refractivity contribution in [2.45, 2.75) is 13.8 Å². The summed E-state index contributed by atoms with van der Waals surface area (Å²) in [6, 6.07) is 11.5. The third-order valence-corrected chi connectivity index (χ3v) is 3.87. The van der Waals surface area contributed by atoms with E-state index in [9.17, 15) is 9.18 Å². The van der Waals surface area contributed by atoms with Crippen LogP contribution in [-0.4, -0.2) is 15.9 Å². The summed E-state index contributed by atoms with van der Waals surface area (Å²) in [4.78, 5) is 20.5. The van der Waals surface area contributed by atoms with E-state index in [1.807, 2.05) is 32.0 Å². The molecule has 5 nitrogen and oxygen atoms in total. The molecule has 1 heterocycles. The SMILES string of the molecule is Cc1cccc(Nc2ncc(C(=O)Nc3ccc(F)cc3)cn2)c1C. The van der Waals surface area contributed by atoms with Gasteiger partial charge in [0, 0.05) is 23.8 Å². The number of hydrogen-bond acceptors (Lipinski definition) is 4. The molecule has 0 aliphatic rings. The highest BCUT2D eigenvalue weighted by molar-refractivity contribution is 6.03. The number of carbonyl (C=O) groups excluding carboxylic acids is 1. The Morgan fingerprint density at radius 1 is 1.00 bits per heavy atom. The zero-order valence-electron chi connectivity index (χ0n) is 13.9. The van der Waals surface area contributed by atoms with Crippen LogP contribution < -0.4 is 10.6 Å². The molecule has 2 N–H and O–H groups in total. The first kappa shape index (κ1) is 16.6. The number of anilines is 3. The summed E-state index contributed by atoms with van der Waals surface area (Å²) in [5.41, 5.74) is 4.02. The number of aromatic nitrogens is 2. The molecule has 0 spiro atoms. The zero-order chi connectivity index (χ0) is 17.8. The van der Waals surface area contributed by atoms with Gasteiger partial charge in [-0.3, -0.25) is 4.79 Å². The highest BCUT2D eigenvalue weighted by Gasteiger charge is 2.09. The fourth-order valence-corrected chi connectivity index (χ4v) is 2.25. The van der Waals surface area contributed by atoms with Gasteiger partial charge in [-0.1, -0.05) is 12.1 Å². The molecule has 126 valence electrons. The van der Waals surface area contributed by atoms with Crippen LogP contribution in [0.3, 0.4) is 0 Å². The van der Waals surface area contributed by atoms with Crippen molar-refractivity contribution in [2.75, 3.05) is 10.6 Å². The van der Waals surface area contributed by atoms with Crippen LogP contribution in [0.15, 0.2) is 54.9 Å². The molecule has 6 heteroatoms. The minimum Gasteiger partial charge on any atom is -0.324 e. The normalized spacial score (nSPS) is 10.4. The van der Waals surface area contributed by atoms with Gasteiger partial charge in [0.25, 0.3) is 5.91 Å². The molecule has 0 atom stereocenters. The smallest absolute Gasteiger partial charge is 0.258 e. The van der Waals surface area contributed by atoms with Gasteiger partial charge in [0.05, 0.1) is 5.56 Å². The summed E-state index contributed by atoms with van der Waals surface area (Å²) in [6.45, 7) is 4.05. The molecule has 2 aromatic carbocycles. The van der Waals surface area contributed by atoms with Crippen LogP contribution in [0, 0.1) is 19.7 Å². The summed E-state index contributed by atoms with van der Waals surface area (Å²) < 4.78 is 12.9. The Balaban J connectivity index is 1.70. The van der Waals surface area contributed by atoms with Gasteiger partial charge in [0.15, 0.2) is 0 Å². The number of amides is 1. The van der Waals surface area contributed by atoms with E-state index in [1.165, 1.54) is 42.2 Å². The first-order valence-corrected chi connectivity index (χ1v) is 7.75. The van der Waals surface area contributed by atoms with Crippen LogP contribution in [0.1, 0.15) is 21.5 Å². The molecule has 25 heavy (non-hydrogen) atoms. The lowest BCUT2D eigenvalue weighted by Crippen LogP contribution is -2.13. The maximum absolute atomic E-state index is 12.9. The van der Waals surface area contributed by atoms with Gasteiger partial charge in [-0.25, -0.2) is 14.4 Å². The molecule has 0 aliphatic heterocycles. The molecule has 3 aromatic rings. The lowest BCUT2D eigenvalue weighted by Gasteiger charge is -2.10. The summed E-state index contributed by atoms with van der Waals surface area (Å²) in [5.74, 6) is -0.305. The lowest BCUT2D eigenvalue weighted by molar-refractivity contribution is 0.102. The van der Waals surface area contributed by atoms with E-state index in [1.54, 1.807) is 0 Å². The Morgan fingerprint density at radius 2 is 1.68 bits per heavy atom. The van der Waals surface area contributed by atoms with Crippen LogP contribution in [0.4, 0.5) is 21.7 Å². The highest BCUT2D eigenvalue weighted by Crippen LogP contribution is 2.20. The minimum absolute atomic E-state index is 0.316. The fourth-order valence-electron chi connectivity index (χ4n) is 2.25. The third kappa shape index (κ3) is 3.98. The molecule has 0 saturated carbocycles. The monoisotopic (exact) mass is 336 g/mol. The number of halogens is 1. The highest BCUT2D eigenvalue weighted by atomic mass is 19.1. The second-order valence-corrected chi connectivity index (χ2v) is 5.63. The lowest BCUT2D eigenvalue weighted by atomic mass is 10.1. The standard InChI is InChI=1S/C19H17FN4O/c1-12-4-3-5-17(13(12)2)24-19-21-10-14(11-22-19)18(25)23-16-8-6-15(20)7-9-16/h3-11H,1-2H3,(H,23,25)(H,21,22,24). The van der Waals surface area contributed by atoms with Crippen molar-refractivity contribution in [3.05, 3.63) is 77.4 Å². The van der Waals surface area contributed by atoms with E-state index in [0.29, 0.717) is 17.2 Å². The van der Waals surface area contributed by atoms with Gasteiger partial charge >= 0.3 is 0 Å². The molecule has 0 saturated heterocycles. The van der Waals surface area contributed by atoms with Crippen LogP contribution in [0.25, 0.3) is 0 Å². The number of aryl methyl sites for hydroxylation is 1. The summed E-state index contributed by atoms with van der Waals surface area (Å²) in [6.07, 6.45) is 2.89. The van der Waals surface area contributed by atoms with E-state index < -0.39 is 0 Å². The van der Waals surface area contributed by atoms with Crippen LogP contribution in [0.5, 0.6) is 0 Å². The Hall–Kier alpha value is -3.28. The molecule has 1 aromatic heterocycles. The van der Waals surface area contributed by atoms with Crippen molar-refractivity contribution in [3.63, 3.8) is 0 Å². The summed E-state index contributed by atoms with van der Waals surface area (Å²) in [7, 11) is 0. The van der Waals surface area contributed by atoms with E-state index in [-0.39, 0.29) is 11.7 Å². The van der Waals surface area contributed by atoms with Crippen LogP contribution >= 0.6 is 0 Å². The number of hydrogen-bond donors (Lipinski definition) is 2. The van der Waals surface area contributed by atoms with Crippen molar-refractivity contribution < 1.29 is 9.18 Å². The molecule has 0 fully saturated rings. The largest absolute Gasteiger partial charge is 0.324 e. The molecule has 0 radical (unpaired) electrons. The number of rotatable bonds is 4. The van der Waals surface area contributed by atoms with Gasteiger partial charge in [-0.15, -0.1) is 0 Å². The molecule has 3 rings (SSSR count). The summed E-state index contributed by atoms with van der Waals surface area (Å²) >= 11 is 0. The number of benzene rings is 2. The first-order valence-electron chi connectivity index (χ1n) is 7.75. The van der Waals surface area contributed by atoms with Crippen LogP contribution in [0.2, 0.25) is 0 Å². The van der Waals surface area contributed by atoms with Crippen LogP contribution in [-0.2, 0) is 0 Å². The third-order valence-electron chi connectivity index (χ3n) is 3.87. The number of carbonyl (C=O) groups is 1. The molecular weight excluding hydrogens is 319 g/mol. The van der Waals surface area contributed by atoms with Gasteiger partial charge in [-0.05, 0) is 55.3 Å². The topological polar surface area (TPSA) is 66.9 Å². The zero-order valence-corrected chi connectivity index (χ0v) is 13.9. The predicted molar refractivity (Wildman–Crippen MR) is 95.6 cm³/mol. The average Bonchev–Trinajstić information content (AvgIpc) is 2.61. The second kappa shape index (κ2) is 7.09. The fraction of sp³-hybridized carbons (Fsp3) is 0.105. The molecule has 0 bridgehead atoms. The molecule has 1 amide bonds. The maximum atomic E-state index is 12.9. The average molecular weight is 336 g/mol. The second-order valence-electron chi connectivity index (χ2n) is 5.63. The van der Waals surface area contributed by atoms with Crippen molar-refractivity contribution in [1.82, 2.24) is 9.97 Å². The quantitative estimate of drug-likeness (QED) is 0.748. The van der Waals surface area contributed by atoms with E-state index in [0.717, 1.165) is 11.3 Å². The first-order chi connectivity index (χ1) is 12.0. The molecular formula is C19H17FN4O. The van der Waals surface area contributed by atoms with Crippen molar-refractivity contribution in [1.29, 1.82) is 0 Å².